The first-order chi connectivity index (χ1) is 8.95. The fourth-order valence-corrected chi connectivity index (χ4v) is 2.59. The van der Waals surface area contributed by atoms with Gasteiger partial charge in [0, 0.05) is 11.3 Å². The second kappa shape index (κ2) is 5.17. The molecule has 0 amide bonds. The Balaban J connectivity index is 2.65. The standard InChI is InChI=1S/C16H23N3/c1-9-7-10(2)12(4)15(11(9)3)16-13(5)18-14(19-16)8-17-6/h7,17H,8H2,1-6H3,(H,18,19). The molecule has 3 nitrogen and oxygen atoms in total. The van der Waals surface area contributed by atoms with Crippen LogP contribution in [0.5, 0.6) is 0 Å². The van der Waals surface area contributed by atoms with Crippen molar-refractivity contribution >= 4 is 0 Å². The molecule has 0 aliphatic heterocycles. The van der Waals surface area contributed by atoms with Crippen LogP contribution >= 0.6 is 0 Å². The number of aryl methyl sites for hydroxylation is 3. The van der Waals surface area contributed by atoms with E-state index in [1.54, 1.807) is 0 Å². The SMILES string of the molecule is CNCc1nc(-c2c(C)c(C)cc(C)c2C)c(C)[nH]1. The van der Waals surface area contributed by atoms with E-state index in [-0.39, 0.29) is 0 Å². The summed E-state index contributed by atoms with van der Waals surface area (Å²) in [7, 11) is 1.94. The number of hydrogen-bond acceptors (Lipinski definition) is 2. The molecule has 2 N–H and O–H groups in total. The van der Waals surface area contributed by atoms with Gasteiger partial charge in [-0.2, -0.15) is 0 Å². The van der Waals surface area contributed by atoms with Crippen LogP contribution in [0, 0.1) is 34.6 Å². The molecule has 0 unspecified atom stereocenters. The maximum absolute atomic E-state index is 4.76. The van der Waals surface area contributed by atoms with Crippen LogP contribution in [0.15, 0.2) is 6.07 Å². The Morgan fingerprint density at radius 2 is 1.63 bits per heavy atom. The summed E-state index contributed by atoms with van der Waals surface area (Å²) in [6.07, 6.45) is 0. The van der Waals surface area contributed by atoms with E-state index in [1.165, 1.54) is 27.8 Å². The van der Waals surface area contributed by atoms with Crippen LogP contribution in [-0.4, -0.2) is 17.0 Å². The highest BCUT2D eigenvalue weighted by Crippen LogP contribution is 2.32. The molecular formula is C16H23N3. The molecule has 102 valence electrons. The summed E-state index contributed by atoms with van der Waals surface area (Å²) in [5.41, 5.74) is 8.83. The molecule has 1 aromatic heterocycles. The van der Waals surface area contributed by atoms with Crippen molar-refractivity contribution in [3.63, 3.8) is 0 Å². The van der Waals surface area contributed by atoms with E-state index in [4.69, 9.17) is 4.98 Å². The van der Waals surface area contributed by atoms with Gasteiger partial charge in [0.1, 0.15) is 5.82 Å². The first-order valence-electron chi connectivity index (χ1n) is 6.73. The van der Waals surface area contributed by atoms with Gasteiger partial charge in [0.2, 0.25) is 0 Å². The van der Waals surface area contributed by atoms with E-state index >= 15 is 0 Å². The van der Waals surface area contributed by atoms with Crippen molar-refractivity contribution in [2.75, 3.05) is 7.05 Å². The zero-order valence-corrected chi connectivity index (χ0v) is 12.7. The van der Waals surface area contributed by atoms with Crippen LogP contribution in [0.4, 0.5) is 0 Å². The molecule has 0 atom stereocenters. The average molecular weight is 257 g/mol. The Bertz CT molecular complexity index is 583. The number of H-pyrrole nitrogens is 1. The van der Waals surface area contributed by atoms with Crippen LogP contribution in [0.2, 0.25) is 0 Å². The molecule has 0 radical (unpaired) electrons. The summed E-state index contributed by atoms with van der Waals surface area (Å²) >= 11 is 0. The molecule has 1 aromatic carbocycles. The zero-order chi connectivity index (χ0) is 14.2. The van der Waals surface area contributed by atoms with Gasteiger partial charge in [-0.3, -0.25) is 0 Å². The van der Waals surface area contributed by atoms with Gasteiger partial charge in [0.15, 0.2) is 0 Å². The monoisotopic (exact) mass is 257 g/mol. The van der Waals surface area contributed by atoms with Crippen LogP contribution in [-0.2, 0) is 6.54 Å². The molecule has 0 aliphatic carbocycles. The fourth-order valence-electron chi connectivity index (χ4n) is 2.59. The lowest BCUT2D eigenvalue weighted by molar-refractivity contribution is 0.770. The number of aromatic nitrogens is 2. The van der Waals surface area contributed by atoms with Gasteiger partial charge in [-0.1, -0.05) is 6.07 Å². The molecule has 0 bridgehead atoms. The Hall–Kier alpha value is -1.61. The molecule has 0 fully saturated rings. The maximum Gasteiger partial charge on any atom is 0.121 e. The minimum atomic E-state index is 0.768. The number of nitrogens with one attached hydrogen (secondary N) is 2. The topological polar surface area (TPSA) is 40.7 Å². The summed E-state index contributed by atoms with van der Waals surface area (Å²) < 4.78 is 0. The van der Waals surface area contributed by atoms with E-state index in [0.717, 1.165) is 23.8 Å². The van der Waals surface area contributed by atoms with Crippen LogP contribution in [0.25, 0.3) is 11.3 Å². The third kappa shape index (κ3) is 2.43. The van der Waals surface area contributed by atoms with Crippen molar-refractivity contribution in [1.29, 1.82) is 0 Å². The summed E-state index contributed by atoms with van der Waals surface area (Å²) in [6.45, 7) is 11.6. The van der Waals surface area contributed by atoms with Crippen molar-refractivity contribution in [3.05, 3.63) is 39.8 Å². The minimum absolute atomic E-state index is 0.768. The van der Waals surface area contributed by atoms with Gasteiger partial charge < -0.3 is 10.3 Å². The van der Waals surface area contributed by atoms with Crippen molar-refractivity contribution in [1.82, 2.24) is 15.3 Å². The second-order valence-corrected chi connectivity index (χ2v) is 5.32. The lowest BCUT2D eigenvalue weighted by atomic mass is 9.92. The van der Waals surface area contributed by atoms with Crippen molar-refractivity contribution in [2.24, 2.45) is 0 Å². The van der Waals surface area contributed by atoms with Gasteiger partial charge in [-0.05, 0) is 63.9 Å². The molecule has 3 heteroatoms. The lowest BCUT2D eigenvalue weighted by Gasteiger charge is -2.14. The highest BCUT2D eigenvalue weighted by atomic mass is 15.0. The summed E-state index contributed by atoms with van der Waals surface area (Å²) in [4.78, 5) is 8.12. The second-order valence-electron chi connectivity index (χ2n) is 5.32. The molecule has 0 aliphatic rings. The number of nitrogens with zero attached hydrogens (tertiary/aromatic N) is 1. The number of imidazole rings is 1. The smallest absolute Gasteiger partial charge is 0.121 e. The highest BCUT2D eigenvalue weighted by molar-refractivity contribution is 5.72. The van der Waals surface area contributed by atoms with Gasteiger partial charge >= 0.3 is 0 Å². The normalized spacial score (nSPS) is 11.1. The predicted octanol–water partition coefficient (Wildman–Crippen LogP) is 3.34. The molecular weight excluding hydrogens is 234 g/mol. The number of hydrogen-bond donors (Lipinski definition) is 2. The zero-order valence-electron chi connectivity index (χ0n) is 12.7. The molecule has 19 heavy (non-hydrogen) atoms. The first kappa shape index (κ1) is 13.8. The summed E-state index contributed by atoms with van der Waals surface area (Å²) in [5, 5.41) is 3.13. The van der Waals surface area contributed by atoms with Gasteiger partial charge in [-0.25, -0.2) is 4.98 Å². The highest BCUT2D eigenvalue weighted by Gasteiger charge is 2.16. The number of rotatable bonds is 3. The Morgan fingerprint density at radius 1 is 1.05 bits per heavy atom. The van der Waals surface area contributed by atoms with E-state index in [9.17, 15) is 0 Å². The number of aromatic amines is 1. The fraction of sp³-hybridized carbons (Fsp3) is 0.438. The maximum atomic E-state index is 4.76. The van der Waals surface area contributed by atoms with E-state index in [0.29, 0.717) is 0 Å². The largest absolute Gasteiger partial charge is 0.344 e. The van der Waals surface area contributed by atoms with Crippen LogP contribution < -0.4 is 5.32 Å². The Morgan fingerprint density at radius 3 is 2.16 bits per heavy atom. The van der Waals surface area contributed by atoms with Gasteiger partial charge in [0.25, 0.3) is 0 Å². The molecule has 0 saturated carbocycles. The van der Waals surface area contributed by atoms with Crippen molar-refractivity contribution < 1.29 is 0 Å². The Kier molecular flexibility index (Phi) is 3.76. The van der Waals surface area contributed by atoms with E-state index in [1.807, 2.05) is 7.05 Å². The molecule has 0 saturated heterocycles. The van der Waals surface area contributed by atoms with Crippen LogP contribution in [0.1, 0.15) is 33.8 Å². The summed E-state index contributed by atoms with van der Waals surface area (Å²) in [5.74, 6) is 0.993. The third-order valence-electron chi connectivity index (χ3n) is 3.88. The quantitative estimate of drug-likeness (QED) is 0.885. The van der Waals surface area contributed by atoms with Crippen molar-refractivity contribution in [2.45, 2.75) is 41.2 Å². The molecule has 2 rings (SSSR count). The number of benzene rings is 1. The Labute approximate surface area is 115 Å². The van der Waals surface area contributed by atoms with Gasteiger partial charge in [-0.15, -0.1) is 0 Å². The lowest BCUT2D eigenvalue weighted by Crippen LogP contribution is -2.06. The molecule has 1 heterocycles. The summed E-state index contributed by atoms with van der Waals surface area (Å²) in [6, 6.07) is 2.25. The molecule has 2 aromatic rings. The van der Waals surface area contributed by atoms with E-state index < -0.39 is 0 Å². The average Bonchev–Trinajstić information content (AvgIpc) is 2.69. The van der Waals surface area contributed by atoms with E-state index in [2.05, 4.69) is 51.0 Å². The predicted molar refractivity (Wildman–Crippen MR) is 80.5 cm³/mol. The molecule has 0 spiro atoms. The van der Waals surface area contributed by atoms with Crippen LogP contribution in [0.3, 0.4) is 0 Å². The van der Waals surface area contributed by atoms with Crippen molar-refractivity contribution in [3.8, 4) is 11.3 Å². The first-order valence-corrected chi connectivity index (χ1v) is 6.73. The van der Waals surface area contributed by atoms with Gasteiger partial charge in [0.05, 0.1) is 12.2 Å². The third-order valence-corrected chi connectivity index (χ3v) is 3.88. The minimum Gasteiger partial charge on any atom is -0.344 e.